The Morgan fingerprint density at radius 2 is 2.04 bits per heavy atom. The van der Waals surface area contributed by atoms with E-state index in [0.717, 1.165) is 15.7 Å². The summed E-state index contributed by atoms with van der Waals surface area (Å²) in [5.74, 6) is -1.09. The van der Waals surface area contributed by atoms with E-state index in [9.17, 15) is 19.7 Å². The molecule has 0 unspecified atom stereocenters. The highest BCUT2D eigenvalue weighted by Gasteiger charge is 2.17. The number of aryl methyl sites for hydroxylation is 1. The third kappa shape index (κ3) is 3.34. The zero-order valence-electron chi connectivity index (χ0n) is 14.3. The predicted molar refractivity (Wildman–Crippen MR) is 94.9 cm³/mol. The van der Waals surface area contributed by atoms with Crippen LogP contribution in [0.15, 0.2) is 51.7 Å². The first-order valence-corrected chi connectivity index (χ1v) is 7.99. The summed E-state index contributed by atoms with van der Waals surface area (Å²) < 4.78 is 6.17. The molecule has 0 aliphatic rings. The Balaban J connectivity index is 1.81. The summed E-state index contributed by atoms with van der Waals surface area (Å²) in [6, 6.07) is 11.3. The number of aromatic nitrogens is 1. The van der Waals surface area contributed by atoms with Crippen molar-refractivity contribution in [1.29, 1.82) is 0 Å². The molecule has 26 heavy (non-hydrogen) atoms. The molecule has 1 aromatic heterocycles. The number of carbonyl (C=O) groups is 1. The molecular formula is C18H17N3O5. The van der Waals surface area contributed by atoms with E-state index in [1.54, 1.807) is 0 Å². The van der Waals surface area contributed by atoms with Gasteiger partial charge < -0.3 is 9.73 Å². The monoisotopic (exact) mass is 355 g/mol. The summed E-state index contributed by atoms with van der Waals surface area (Å²) in [6.07, 6.45) is 0. The Morgan fingerprint density at radius 3 is 2.73 bits per heavy atom. The summed E-state index contributed by atoms with van der Waals surface area (Å²) >= 11 is 0. The lowest BCUT2D eigenvalue weighted by atomic mass is 10.0. The number of amides is 1. The van der Waals surface area contributed by atoms with Gasteiger partial charge >= 0.3 is 5.76 Å². The van der Waals surface area contributed by atoms with Crippen LogP contribution in [0.25, 0.3) is 11.1 Å². The van der Waals surface area contributed by atoms with Crippen LogP contribution in [0.1, 0.15) is 24.1 Å². The molecule has 3 rings (SSSR count). The van der Waals surface area contributed by atoms with Crippen LogP contribution in [0.4, 0.5) is 5.69 Å². The Labute approximate surface area is 148 Å². The van der Waals surface area contributed by atoms with Gasteiger partial charge in [-0.15, -0.1) is 0 Å². The molecule has 0 aliphatic carbocycles. The van der Waals surface area contributed by atoms with Crippen molar-refractivity contribution in [1.82, 2.24) is 9.88 Å². The normalized spacial score (nSPS) is 12.1. The van der Waals surface area contributed by atoms with Gasteiger partial charge in [0, 0.05) is 6.07 Å². The van der Waals surface area contributed by atoms with Gasteiger partial charge in [0.1, 0.15) is 6.54 Å². The van der Waals surface area contributed by atoms with Crippen molar-refractivity contribution >= 4 is 22.7 Å². The van der Waals surface area contributed by atoms with Crippen LogP contribution >= 0.6 is 0 Å². The zero-order valence-corrected chi connectivity index (χ0v) is 14.3. The number of nitrogens with one attached hydrogen (secondary N) is 1. The third-order valence-electron chi connectivity index (χ3n) is 4.20. The second-order valence-electron chi connectivity index (χ2n) is 6.01. The van der Waals surface area contributed by atoms with Crippen molar-refractivity contribution in [2.75, 3.05) is 0 Å². The van der Waals surface area contributed by atoms with Crippen LogP contribution in [-0.4, -0.2) is 15.4 Å². The lowest BCUT2D eigenvalue weighted by Crippen LogP contribution is -2.32. The molecule has 3 aromatic rings. The van der Waals surface area contributed by atoms with E-state index in [0.29, 0.717) is 5.52 Å². The zero-order chi connectivity index (χ0) is 18.8. The van der Waals surface area contributed by atoms with E-state index in [2.05, 4.69) is 5.32 Å². The molecule has 0 saturated heterocycles. The fraction of sp³-hybridized carbons (Fsp3) is 0.222. The molecule has 0 fully saturated rings. The molecule has 1 heterocycles. The number of nitro benzene ring substituents is 1. The van der Waals surface area contributed by atoms with Gasteiger partial charge in [-0.05, 0) is 31.0 Å². The number of hydrogen-bond donors (Lipinski definition) is 1. The van der Waals surface area contributed by atoms with Gasteiger partial charge in [-0.3, -0.25) is 19.5 Å². The first-order valence-electron chi connectivity index (χ1n) is 7.99. The van der Waals surface area contributed by atoms with E-state index >= 15 is 0 Å². The average Bonchev–Trinajstić information content (AvgIpc) is 2.89. The number of nitro groups is 1. The molecule has 1 N–H and O–H groups in total. The van der Waals surface area contributed by atoms with Gasteiger partial charge in [0.2, 0.25) is 5.91 Å². The fourth-order valence-corrected chi connectivity index (χ4v) is 2.90. The molecule has 8 nitrogen and oxygen atoms in total. The van der Waals surface area contributed by atoms with Gasteiger partial charge in [0.15, 0.2) is 5.58 Å². The van der Waals surface area contributed by atoms with Crippen LogP contribution in [0.2, 0.25) is 0 Å². The van der Waals surface area contributed by atoms with Gasteiger partial charge in [-0.25, -0.2) is 4.79 Å². The van der Waals surface area contributed by atoms with Gasteiger partial charge in [-0.1, -0.05) is 24.3 Å². The quantitative estimate of drug-likeness (QED) is 0.559. The number of carbonyl (C=O) groups excluding carboxylic acids is 1. The van der Waals surface area contributed by atoms with Gasteiger partial charge in [-0.2, -0.15) is 0 Å². The molecule has 0 bridgehead atoms. The fourth-order valence-electron chi connectivity index (χ4n) is 2.90. The standard InChI is InChI=1S/C18H17N3O5/c1-11-5-3-4-6-14(11)12(2)19-17(22)10-20-15-8-7-13(21(24)25)9-16(15)26-18(20)23/h3-9,12H,10H2,1-2H3,(H,19,22)/t12-/m1/s1. The molecule has 8 heteroatoms. The van der Waals surface area contributed by atoms with Crippen LogP contribution in [0.3, 0.4) is 0 Å². The molecule has 0 saturated carbocycles. The van der Waals surface area contributed by atoms with Gasteiger partial charge in [0.25, 0.3) is 5.69 Å². The number of nitrogens with zero attached hydrogens (tertiary/aromatic N) is 2. The number of hydrogen-bond acceptors (Lipinski definition) is 5. The first-order chi connectivity index (χ1) is 12.4. The summed E-state index contributed by atoms with van der Waals surface area (Å²) in [5, 5.41) is 13.7. The maximum Gasteiger partial charge on any atom is 0.420 e. The van der Waals surface area contributed by atoms with E-state index in [1.807, 2.05) is 38.1 Å². The van der Waals surface area contributed by atoms with Crippen molar-refractivity contribution in [3.8, 4) is 0 Å². The minimum Gasteiger partial charge on any atom is -0.407 e. The summed E-state index contributed by atoms with van der Waals surface area (Å²) in [7, 11) is 0. The number of benzene rings is 2. The van der Waals surface area contributed by atoms with Crippen molar-refractivity contribution in [3.63, 3.8) is 0 Å². The topological polar surface area (TPSA) is 107 Å². The second-order valence-corrected chi connectivity index (χ2v) is 6.01. The Morgan fingerprint density at radius 1 is 1.31 bits per heavy atom. The molecule has 2 aromatic carbocycles. The van der Waals surface area contributed by atoms with E-state index in [4.69, 9.17) is 4.42 Å². The third-order valence-corrected chi connectivity index (χ3v) is 4.20. The number of non-ortho nitro benzene ring substituents is 1. The minimum absolute atomic E-state index is 0.0731. The Hall–Kier alpha value is -3.42. The molecule has 1 atom stereocenters. The summed E-state index contributed by atoms with van der Waals surface area (Å²) in [5.41, 5.74) is 2.26. The maximum atomic E-state index is 12.4. The van der Waals surface area contributed by atoms with Crippen LogP contribution in [-0.2, 0) is 11.3 Å². The summed E-state index contributed by atoms with van der Waals surface area (Å²) in [6.45, 7) is 3.58. The van der Waals surface area contributed by atoms with Crippen molar-refractivity contribution in [3.05, 3.63) is 74.3 Å². The minimum atomic E-state index is -0.737. The highest BCUT2D eigenvalue weighted by molar-refractivity contribution is 5.80. The van der Waals surface area contributed by atoms with Crippen LogP contribution in [0, 0.1) is 17.0 Å². The summed E-state index contributed by atoms with van der Waals surface area (Å²) in [4.78, 5) is 34.6. The van der Waals surface area contributed by atoms with E-state index in [1.165, 1.54) is 18.2 Å². The van der Waals surface area contributed by atoms with Crippen molar-refractivity contribution in [2.24, 2.45) is 0 Å². The molecule has 0 aliphatic heterocycles. The highest BCUT2D eigenvalue weighted by Crippen LogP contribution is 2.20. The Kier molecular flexibility index (Phi) is 4.57. The first kappa shape index (κ1) is 17.4. The number of oxazole rings is 1. The molecule has 0 radical (unpaired) electrons. The van der Waals surface area contributed by atoms with Crippen LogP contribution < -0.4 is 11.1 Å². The predicted octanol–water partition coefficient (Wildman–Crippen LogP) is 2.69. The number of fused-ring (bicyclic) bond motifs is 1. The Bertz CT molecular complexity index is 1050. The molecular weight excluding hydrogens is 338 g/mol. The largest absolute Gasteiger partial charge is 0.420 e. The maximum absolute atomic E-state index is 12.4. The van der Waals surface area contributed by atoms with Crippen molar-refractivity contribution < 1.29 is 14.1 Å². The highest BCUT2D eigenvalue weighted by atomic mass is 16.6. The average molecular weight is 355 g/mol. The van der Waals surface area contributed by atoms with E-state index in [-0.39, 0.29) is 29.8 Å². The molecule has 134 valence electrons. The van der Waals surface area contributed by atoms with Crippen LogP contribution in [0.5, 0.6) is 0 Å². The number of rotatable bonds is 5. The van der Waals surface area contributed by atoms with Crippen molar-refractivity contribution in [2.45, 2.75) is 26.4 Å². The second kappa shape index (κ2) is 6.83. The van der Waals surface area contributed by atoms with Gasteiger partial charge in [0.05, 0.1) is 22.5 Å². The SMILES string of the molecule is Cc1ccccc1[C@@H](C)NC(=O)Cn1c(=O)oc2cc([N+](=O)[O-])ccc21. The lowest BCUT2D eigenvalue weighted by Gasteiger charge is -2.16. The lowest BCUT2D eigenvalue weighted by molar-refractivity contribution is -0.384. The molecule has 0 spiro atoms. The molecule has 1 amide bonds. The van der Waals surface area contributed by atoms with E-state index < -0.39 is 10.7 Å². The smallest absolute Gasteiger partial charge is 0.407 e.